The number of halogens is 1. The maximum Gasteiger partial charge on any atom is 0.234 e. The SMILES string of the molecule is CCCCCCCCCCC(CCCO)N1C=[N+](Cc2ccccc2)CC1.[Cl-]. The number of nitrogens with zero attached hydrogens (tertiary/aromatic N) is 2. The second-order valence-corrected chi connectivity index (χ2v) is 8.09. The molecule has 1 aliphatic rings. The van der Waals surface area contributed by atoms with E-state index in [-0.39, 0.29) is 12.4 Å². The molecule has 28 heavy (non-hydrogen) atoms. The van der Waals surface area contributed by atoms with Gasteiger partial charge >= 0.3 is 0 Å². The predicted molar refractivity (Wildman–Crippen MR) is 115 cm³/mol. The quantitative estimate of drug-likeness (QED) is 0.356. The van der Waals surface area contributed by atoms with Crippen molar-refractivity contribution in [3.8, 4) is 0 Å². The highest BCUT2D eigenvalue weighted by molar-refractivity contribution is 5.51. The van der Waals surface area contributed by atoms with E-state index in [1.165, 1.54) is 63.4 Å². The Hall–Kier alpha value is -1.06. The Labute approximate surface area is 179 Å². The molecule has 2 rings (SSSR count). The Morgan fingerprint density at radius 2 is 1.57 bits per heavy atom. The number of aliphatic hydroxyl groups excluding tert-OH is 1. The van der Waals surface area contributed by atoms with Crippen molar-refractivity contribution in [2.75, 3.05) is 19.7 Å². The maximum atomic E-state index is 9.28. The van der Waals surface area contributed by atoms with Crippen LogP contribution in [0.5, 0.6) is 0 Å². The van der Waals surface area contributed by atoms with Crippen LogP contribution >= 0.6 is 0 Å². The molecule has 1 aromatic rings. The molecule has 0 spiro atoms. The monoisotopic (exact) mass is 408 g/mol. The second-order valence-electron chi connectivity index (χ2n) is 8.09. The van der Waals surface area contributed by atoms with Gasteiger partial charge in [0.25, 0.3) is 0 Å². The summed E-state index contributed by atoms with van der Waals surface area (Å²) in [6, 6.07) is 11.3. The molecule has 3 nitrogen and oxygen atoms in total. The van der Waals surface area contributed by atoms with Crippen molar-refractivity contribution in [2.24, 2.45) is 0 Å². The number of unbranched alkanes of at least 4 members (excludes halogenated alkanes) is 7. The summed E-state index contributed by atoms with van der Waals surface area (Å²) in [6.07, 6.45) is 16.7. The average Bonchev–Trinajstić information content (AvgIpc) is 3.15. The van der Waals surface area contributed by atoms with Gasteiger partial charge in [-0.1, -0.05) is 82.2 Å². The first-order valence-corrected chi connectivity index (χ1v) is 11.3. The van der Waals surface area contributed by atoms with Gasteiger partial charge in [-0.2, -0.15) is 0 Å². The normalized spacial score (nSPS) is 14.6. The first-order chi connectivity index (χ1) is 13.3. The fourth-order valence-electron chi connectivity index (χ4n) is 4.10. The van der Waals surface area contributed by atoms with Gasteiger partial charge in [-0.15, -0.1) is 0 Å². The minimum Gasteiger partial charge on any atom is -1.00 e. The molecule has 0 saturated carbocycles. The first-order valence-electron chi connectivity index (χ1n) is 11.3. The van der Waals surface area contributed by atoms with Crippen LogP contribution in [-0.4, -0.2) is 46.7 Å². The second kappa shape index (κ2) is 15.8. The molecule has 4 heteroatoms. The Morgan fingerprint density at radius 3 is 2.25 bits per heavy atom. The molecular weight excluding hydrogens is 368 g/mol. The predicted octanol–water partition coefficient (Wildman–Crippen LogP) is 2.22. The molecule has 1 atom stereocenters. The summed E-state index contributed by atoms with van der Waals surface area (Å²) in [5, 5.41) is 9.28. The van der Waals surface area contributed by atoms with Gasteiger partial charge in [-0.3, -0.25) is 9.48 Å². The van der Waals surface area contributed by atoms with Crippen LogP contribution in [0.15, 0.2) is 30.3 Å². The Balaban J connectivity index is 0.00000392. The topological polar surface area (TPSA) is 26.5 Å². The maximum absolute atomic E-state index is 9.28. The number of aliphatic hydroxyl groups is 1. The lowest BCUT2D eigenvalue weighted by Gasteiger charge is -2.20. The van der Waals surface area contributed by atoms with Gasteiger partial charge in [0.1, 0.15) is 19.6 Å². The smallest absolute Gasteiger partial charge is 0.234 e. The highest BCUT2D eigenvalue weighted by Crippen LogP contribution is 2.18. The van der Waals surface area contributed by atoms with E-state index in [0.29, 0.717) is 12.6 Å². The molecule has 0 aromatic heterocycles. The van der Waals surface area contributed by atoms with Crippen LogP contribution in [-0.2, 0) is 6.54 Å². The van der Waals surface area contributed by atoms with E-state index in [1.54, 1.807) is 0 Å². The highest BCUT2D eigenvalue weighted by Gasteiger charge is 2.27. The van der Waals surface area contributed by atoms with Gasteiger partial charge in [-0.05, 0) is 31.2 Å². The van der Waals surface area contributed by atoms with E-state index in [9.17, 15) is 5.11 Å². The summed E-state index contributed by atoms with van der Waals surface area (Å²) >= 11 is 0. The molecule has 1 unspecified atom stereocenters. The molecule has 1 aromatic carbocycles. The van der Waals surface area contributed by atoms with Gasteiger partial charge < -0.3 is 17.5 Å². The molecule has 0 bridgehead atoms. The molecule has 0 saturated heterocycles. The zero-order valence-electron chi connectivity index (χ0n) is 17.9. The van der Waals surface area contributed by atoms with Crippen molar-refractivity contribution in [2.45, 2.75) is 90.1 Å². The van der Waals surface area contributed by atoms with Gasteiger partial charge in [0, 0.05) is 6.61 Å². The minimum absolute atomic E-state index is 0. The largest absolute Gasteiger partial charge is 1.00 e. The Bertz CT molecular complexity index is 521. The third-order valence-electron chi connectivity index (χ3n) is 5.74. The van der Waals surface area contributed by atoms with Gasteiger partial charge in [-0.25, -0.2) is 0 Å². The molecule has 160 valence electrons. The van der Waals surface area contributed by atoms with Crippen molar-refractivity contribution < 1.29 is 22.1 Å². The van der Waals surface area contributed by atoms with E-state index in [4.69, 9.17) is 0 Å². The van der Waals surface area contributed by atoms with Crippen molar-refractivity contribution >= 4 is 6.34 Å². The van der Waals surface area contributed by atoms with Crippen molar-refractivity contribution in [1.29, 1.82) is 0 Å². The summed E-state index contributed by atoms with van der Waals surface area (Å²) < 4.78 is 2.44. The summed E-state index contributed by atoms with van der Waals surface area (Å²) in [5.74, 6) is 0. The average molecular weight is 409 g/mol. The standard InChI is InChI=1S/C24H41N2O.ClH/c1-2-3-4-5-6-7-8-12-16-24(17-13-20-27)26-19-18-25(22-26)21-23-14-10-9-11-15-23;/h9-11,14-15,22,24,27H,2-8,12-13,16-21H2,1H3;1H/q+1;/p-1. The Kier molecular flexibility index (Phi) is 14.1. The zero-order chi connectivity index (χ0) is 19.2. The van der Waals surface area contributed by atoms with Crippen LogP contribution in [0, 0.1) is 0 Å². The first kappa shape index (κ1) is 25.0. The lowest BCUT2D eigenvalue weighted by Crippen LogP contribution is -3.00. The molecule has 0 radical (unpaired) electrons. The van der Waals surface area contributed by atoms with E-state index in [1.807, 2.05) is 0 Å². The molecular formula is C24H41ClN2O. The minimum atomic E-state index is 0. The van der Waals surface area contributed by atoms with Crippen molar-refractivity contribution in [3.63, 3.8) is 0 Å². The molecule has 1 heterocycles. The van der Waals surface area contributed by atoms with E-state index in [2.05, 4.69) is 53.1 Å². The summed E-state index contributed by atoms with van der Waals surface area (Å²) in [5.41, 5.74) is 1.38. The van der Waals surface area contributed by atoms with Crippen LogP contribution < -0.4 is 12.4 Å². The molecule has 0 aliphatic carbocycles. The van der Waals surface area contributed by atoms with Crippen LogP contribution in [0.1, 0.15) is 83.1 Å². The van der Waals surface area contributed by atoms with E-state index in [0.717, 1.165) is 32.5 Å². The molecule has 0 amide bonds. The third-order valence-corrected chi connectivity index (χ3v) is 5.74. The summed E-state index contributed by atoms with van der Waals surface area (Å²) in [7, 11) is 0. The molecule has 1 N–H and O–H groups in total. The van der Waals surface area contributed by atoms with Crippen molar-refractivity contribution in [1.82, 2.24) is 4.90 Å². The lowest BCUT2D eigenvalue weighted by molar-refractivity contribution is -0.530. The molecule has 0 fully saturated rings. The summed E-state index contributed by atoms with van der Waals surface area (Å²) in [4.78, 5) is 2.54. The van der Waals surface area contributed by atoms with Crippen LogP contribution in [0.25, 0.3) is 0 Å². The summed E-state index contributed by atoms with van der Waals surface area (Å²) in [6.45, 7) is 5.84. The number of hydrogen-bond acceptors (Lipinski definition) is 2. The number of rotatable bonds is 15. The number of benzene rings is 1. The lowest BCUT2D eigenvalue weighted by atomic mass is 10.0. The van der Waals surface area contributed by atoms with Crippen LogP contribution in [0.4, 0.5) is 0 Å². The van der Waals surface area contributed by atoms with Crippen LogP contribution in [0.2, 0.25) is 0 Å². The fraction of sp³-hybridized carbons (Fsp3) is 0.708. The molecule has 1 aliphatic heterocycles. The van der Waals surface area contributed by atoms with Gasteiger partial charge in [0.15, 0.2) is 0 Å². The van der Waals surface area contributed by atoms with Crippen LogP contribution in [0.3, 0.4) is 0 Å². The van der Waals surface area contributed by atoms with E-state index < -0.39 is 0 Å². The van der Waals surface area contributed by atoms with Crippen molar-refractivity contribution in [3.05, 3.63) is 35.9 Å². The van der Waals surface area contributed by atoms with E-state index >= 15 is 0 Å². The number of hydrogen-bond donors (Lipinski definition) is 1. The third kappa shape index (κ3) is 9.93. The Morgan fingerprint density at radius 1 is 0.929 bits per heavy atom. The zero-order valence-corrected chi connectivity index (χ0v) is 18.6. The van der Waals surface area contributed by atoms with Gasteiger partial charge in [0.2, 0.25) is 6.34 Å². The van der Waals surface area contributed by atoms with Gasteiger partial charge in [0.05, 0.1) is 6.04 Å². The fourth-order valence-corrected chi connectivity index (χ4v) is 4.10. The highest BCUT2D eigenvalue weighted by atomic mass is 35.5.